The predicted molar refractivity (Wildman–Crippen MR) is 74.6 cm³/mol. The Kier molecular flexibility index (Phi) is 2.41. The highest BCUT2D eigenvalue weighted by Crippen LogP contribution is 2.41. The first-order chi connectivity index (χ1) is 8.33. The lowest BCUT2D eigenvalue weighted by atomic mass is 10.0. The van der Waals surface area contributed by atoms with Crippen molar-refractivity contribution in [3.8, 4) is 0 Å². The molecule has 3 aromatic carbocycles. The third-order valence-corrected chi connectivity index (χ3v) is 3.74. The molecule has 3 aromatic rings. The predicted octanol–water partition coefficient (Wildman–Crippen LogP) is 5.15. The maximum atomic E-state index is 11.0. The number of rotatable bonds is 1. The molecular weight excluding hydrogens is 278 g/mol. The molecule has 0 aliphatic heterocycles. The maximum absolute atomic E-state index is 11.0. The molecule has 0 saturated heterocycles. The highest BCUT2D eigenvalue weighted by Gasteiger charge is 2.11. The van der Waals surface area contributed by atoms with Gasteiger partial charge in [0.05, 0.1) is 4.47 Å². The van der Waals surface area contributed by atoms with Crippen LogP contribution in [0.4, 0.5) is 5.69 Å². The summed E-state index contributed by atoms with van der Waals surface area (Å²) in [5, 5.41) is 7.23. The molecule has 0 aliphatic rings. The van der Waals surface area contributed by atoms with Gasteiger partial charge >= 0.3 is 0 Å². The summed E-state index contributed by atoms with van der Waals surface area (Å²) >= 11 is 3.47. The van der Waals surface area contributed by atoms with E-state index in [1.54, 1.807) is 0 Å². The van der Waals surface area contributed by atoms with Gasteiger partial charge in [0.1, 0.15) is 5.69 Å². The van der Waals surface area contributed by atoms with E-state index in [4.69, 9.17) is 0 Å². The lowest BCUT2D eigenvalue weighted by Gasteiger charge is -2.08. The molecular formula is C14H8BrNO. The van der Waals surface area contributed by atoms with Crippen LogP contribution in [0.5, 0.6) is 0 Å². The van der Waals surface area contributed by atoms with Crippen LogP contribution in [0, 0.1) is 4.91 Å². The van der Waals surface area contributed by atoms with Crippen molar-refractivity contribution in [2.24, 2.45) is 5.18 Å². The zero-order valence-electron chi connectivity index (χ0n) is 8.85. The van der Waals surface area contributed by atoms with Gasteiger partial charge in [0.2, 0.25) is 0 Å². The summed E-state index contributed by atoms with van der Waals surface area (Å²) in [6.45, 7) is 0. The first-order valence-electron chi connectivity index (χ1n) is 5.25. The minimum atomic E-state index is 0.472. The number of hydrogen-bond donors (Lipinski definition) is 0. The molecule has 0 heterocycles. The molecule has 0 N–H and O–H groups in total. The summed E-state index contributed by atoms with van der Waals surface area (Å²) in [5.41, 5.74) is 0.472. The Morgan fingerprint density at radius 3 is 1.82 bits per heavy atom. The molecule has 0 spiro atoms. The van der Waals surface area contributed by atoms with Crippen molar-refractivity contribution in [1.29, 1.82) is 0 Å². The van der Waals surface area contributed by atoms with Crippen LogP contribution in [0.3, 0.4) is 0 Å². The Morgan fingerprint density at radius 2 is 1.24 bits per heavy atom. The van der Waals surface area contributed by atoms with Crippen LogP contribution < -0.4 is 0 Å². The molecule has 17 heavy (non-hydrogen) atoms. The average molecular weight is 286 g/mol. The average Bonchev–Trinajstić information content (AvgIpc) is 2.40. The molecule has 0 bridgehead atoms. The SMILES string of the molecule is O=Nc1c(Br)c2ccccc2c2ccccc12. The van der Waals surface area contributed by atoms with E-state index >= 15 is 0 Å². The van der Waals surface area contributed by atoms with Crippen LogP contribution in [-0.2, 0) is 0 Å². The van der Waals surface area contributed by atoms with Gasteiger partial charge in [0, 0.05) is 5.39 Å². The van der Waals surface area contributed by atoms with Crippen LogP contribution in [0.15, 0.2) is 58.2 Å². The minimum Gasteiger partial charge on any atom is -0.145 e. The summed E-state index contributed by atoms with van der Waals surface area (Å²) in [5.74, 6) is 0. The first kappa shape index (κ1) is 10.4. The van der Waals surface area contributed by atoms with E-state index in [2.05, 4.69) is 27.2 Å². The van der Waals surface area contributed by atoms with E-state index in [1.807, 2.05) is 42.5 Å². The van der Waals surface area contributed by atoms with Crippen molar-refractivity contribution < 1.29 is 0 Å². The molecule has 0 amide bonds. The van der Waals surface area contributed by atoms with Crippen molar-refractivity contribution >= 4 is 43.2 Å². The molecule has 0 aromatic heterocycles. The van der Waals surface area contributed by atoms with Crippen molar-refractivity contribution in [1.82, 2.24) is 0 Å². The van der Waals surface area contributed by atoms with Gasteiger partial charge in [-0.2, -0.15) is 0 Å². The summed E-state index contributed by atoms with van der Waals surface area (Å²) in [6.07, 6.45) is 0. The molecule has 2 nitrogen and oxygen atoms in total. The zero-order valence-corrected chi connectivity index (χ0v) is 10.4. The fourth-order valence-corrected chi connectivity index (χ4v) is 2.80. The van der Waals surface area contributed by atoms with Crippen molar-refractivity contribution in [3.05, 3.63) is 57.9 Å². The van der Waals surface area contributed by atoms with E-state index in [9.17, 15) is 4.91 Å². The van der Waals surface area contributed by atoms with Crippen molar-refractivity contribution in [3.63, 3.8) is 0 Å². The van der Waals surface area contributed by atoms with Gasteiger partial charge in [0.15, 0.2) is 0 Å². The molecule has 82 valence electrons. The van der Waals surface area contributed by atoms with E-state index in [0.717, 1.165) is 26.0 Å². The Labute approximate surface area is 106 Å². The van der Waals surface area contributed by atoms with Crippen LogP contribution in [-0.4, -0.2) is 0 Å². The monoisotopic (exact) mass is 285 g/mol. The Balaban J connectivity index is 2.68. The van der Waals surface area contributed by atoms with Crippen molar-refractivity contribution in [2.75, 3.05) is 0 Å². The number of halogens is 1. The standard InChI is InChI=1S/C14H8BrNO/c15-13-11-7-3-1-5-9(11)10-6-2-4-8-12(10)14(13)16-17/h1-8H. The quantitative estimate of drug-likeness (QED) is 0.449. The maximum Gasteiger partial charge on any atom is 0.130 e. The van der Waals surface area contributed by atoms with Crippen LogP contribution >= 0.6 is 15.9 Å². The summed E-state index contributed by atoms with van der Waals surface area (Å²) in [4.78, 5) is 11.0. The fourth-order valence-electron chi connectivity index (χ4n) is 2.17. The van der Waals surface area contributed by atoms with Crippen LogP contribution in [0.1, 0.15) is 0 Å². The number of fused-ring (bicyclic) bond motifs is 3. The van der Waals surface area contributed by atoms with E-state index < -0.39 is 0 Å². The third kappa shape index (κ3) is 1.46. The summed E-state index contributed by atoms with van der Waals surface area (Å²) < 4.78 is 0.766. The molecule has 0 saturated carbocycles. The van der Waals surface area contributed by atoms with E-state index in [0.29, 0.717) is 5.69 Å². The topological polar surface area (TPSA) is 29.4 Å². The Bertz CT molecular complexity index is 737. The molecule has 3 rings (SSSR count). The van der Waals surface area contributed by atoms with Crippen molar-refractivity contribution in [2.45, 2.75) is 0 Å². The Hall–Kier alpha value is -1.74. The molecule has 0 atom stereocenters. The highest BCUT2D eigenvalue weighted by atomic mass is 79.9. The summed E-state index contributed by atoms with van der Waals surface area (Å²) in [7, 11) is 0. The number of nitroso groups, excluding NO2 is 1. The van der Waals surface area contributed by atoms with Gasteiger partial charge in [-0.1, -0.05) is 48.5 Å². The second kappa shape index (κ2) is 3.93. The highest BCUT2D eigenvalue weighted by molar-refractivity contribution is 9.10. The third-order valence-electron chi connectivity index (χ3n) is 2.94. The van der Waals surface area contributed by atoms with Crippen LogP contribution in [0.2, 0.25) is 0 Å². The zero-order chi connectivity index (χ0) is 11.8. The Morgan fingerprint density at radius 1 is 0.765 bits per heavy atom. The van der Waals surface area contributed by atoms with Gasteiger partial charge in [-0.15, -0.1) is 4.91 Å². The lowest BCUT2D eigenvalue weighted by Crippen LogP contribution is -1.81. The number of benzene rings is 3. The second-order valence-corrected chi connectivity index (χ2v) is 4.64. The molecule has 0 fully saturated rings. The van der Waals surface area contributed by atoms with Gasteiger partial charge in [-0.3, -0.25) is 0 Å². The van der Waals surface area contributed by atoms with Gasteiger partial charge in [0.25, 0.3) is 0 Å². The fraction of sp³-hybridized carbons (Fsp3) is 0. The summed E-state index contributed by atoms with van der Waals surface area (Å²) in [6, 6.07) is 15.8. The lowest BCUT2D eigenvalue weighted by molar-refractivity contribution is 1.53. The molecule has 0 aliphatic carbocycles. The molecule has 3 heteroatoms. The second-order valence-electron chi connectivity index (χ2n) is 3.85. The number of hydrogen-bond acceptors (Lipinski definition) is 2. The van der Waals surface area contributed by atoms with Gasteiger partial charge in [-0.05, 0) is 37.3 Å². The van der Waals surface area contributed by atoms with E-state index in [1.165, 1.54) is 0 Å². The van der Waals surface area contributed by atoms with Gasteiger partial charge in [-0.25, -0.2) is 0 Å². The first-order valence-corrected chi connectivity index (χ1v) is 6.04. The largest absolute Gasteiger partial charge is 0.145 e. The molecule has 0 radical (unpaired) electrons. The van der Waals surface area contributed by atoms with Gasteiger partial charge < -0.3 is 0 Å². The molecule has 0 unspecified atom stereocenters. The minimum absolute atomic E-state index is 0.472. The number of nitrogens with zero attached hydrogens (tertiary/aromatic N) is 1. The van der Waals surface area contributed by atoms with Crippen LogP contribution in [0.25, 0.3) is 21.5 Å². The van der Waals surface area contributed by atoms with E-state index in [-0.39, 0.29) is 0 Å². The normalized spacial score (nSPS) is 10.9. The smallest absolute Gasteiger partial charge is 0.130 e.